The van der Waals surface area contributed by atoms with E-state index in [-0.39, 0.29) is 11.9 Å². The van der Waals surface area contributed by atoms with E-state index in [0.717, 1.165) is 44.5 Å². The quantitative estimate of drug-likeness (QED) is 0.677. The number of rotatable bonds is 3. The minimum absolute atomic E-state index is 0.262. The number of fused-ring (bicyclic) bond motifs is 2. The summed E-state index contributed by atoms with van der Waals surface area (Å²) in [5, 5.41) is 1.18. The molecule has 6 heteroatoms. The number of hydrogen-bond acceptors (Lipinski definition) is 4. The molecule has 1 amide bonds. The summed E-state index contributed by atoms with van der Waals surface area (Å²) in [7, 11) is 0. The van der Waals surface area contributed by atoms with E-state index in [1.165, 1.54) is 15.4 Å². The molecule has 1 aromatic carbocycles. The van der Waals surface area contributed by atoms with Gasteiger partial charge in [-0.05, 0) is 44.0 Å². The van der Waals surface area contributed by atoms with Crippen LogP contribution in [0.4, 0.5) is 0 Å². The van der Waals surface area contributed by atoms with Gasteiger partial charge in [0.2, 0.25) is 5.91 Å². The number of carbonyl (C=O) groups is 1. The Labute approximate surface area is 169 Å². The summed E-state index contributed by atoms with van der Waals surface area (Å²) in [5.74, 6) is 0.628. The third kappa shape index (κ3) is 3.25. The summed E-state index contributed by atoms with van der Waals surface area (Å²) in [6.07, 6.45) is 4.32. The molecule has 3 aromatic rings. The molecule has 5 nitrogen and oxygen atoms in total. The van der Waals surface area contributed by atoms with Crippen molar-refractivity contribution < 1.29 is 4.79 Å². The standard InChI is InChI=1S/C22H26N4OS/c1-16-19-8-5-10-24(19)12-13-25(16)15-21(27)26-11-4-6-17(14-26)22-23-18-7-2-3-9-20(18)28-22/h2-3,5,7-10,16-17H,4,6,11-15H2,1H3/t16-,17+/m1/s1. The second-order valence-corrected chi connectivity index (χ2v) is 9.03. The van der Waals surface area contributed by atoms with Crippen LogP contribution in [0.2, 0.25) is 0 Å². The van der Waals surface area contributed by atoms with Gasteiger partial charge in [-0.1, -0.05) is 12.1 Å². The first-order valence-electron chi connectivity index (χ1n) is 10.2. The number of hydrogen-bond donors (Lipinski definition) is 0. The number of piperidine rings is 1. The van der Waals surface area contributed by atoms with Gasteiger partial charge in [0, 0.05) is 50.0 Å². The Morgan fingerprint density at radius 1 is 1.18 bits per heavy atom. The van der Waals surface area contributed by atoms with Crippen LogP contribution in [0.15, 0.2) is 42.6 Å². The number of para-hydroxylation sites is 1. The molecule has 2 aliphatic rings. The Morgan fingerprint density at radius 2 is 2.07 bits per heavy atom. The smallest absolute Gasteiger partial charge is 0.236 e. The van der Waals surface area contributed by atoms with Crippen LogP contribution in [-0.4, -0.2) is 51.4 Å². The first kappa shape index (κ1) is 17.9. The normalized spacial score (nSPS) is 23.1. The molecule has 4 heterocycles. The van der Waals surface area contributed by atoms with Gasteiger partial charge in [-0.3, -0.25) is 9.69 Å². The molecule has 0 spiro atoms. The summed E-state index contributed by atoms with van der Waals surface area (Å²) >= 11 is 1.78. The van der Waals surface area contributed by atoms with Crippen LogP contribution in [0.3, 0.4) is 0 Å². The van der Waals surface area contributed by atoms with Crippen molar-refractivity contribution in [2.75, 3.05) is 26.2 Å². The van der Waals surface area contributed by atoms with Gasteiger partial charge in [0.25, 0.3) is 0 Å². The molecule has 0 saturated carbocycles. The highest BCUT2D eigenvalue weighted by Crippen LogP contribution is 2.33. The average Bonchev–Trinajstić information content (AvgIpc) is 3.37. The highest BCUT2D eigenvalue weighted by molar-refractivity contribution is 7.18. The molecule has 28 heavy (non-hydrogen) atoms. The lowest BCUT2D eigenvalue weighted by atomic mass is 9.98. The predicted octanol–water partition coefficient (Wildman–Crippen LogP) is 3.88. The monoisotopic (exact) mass is 394 g/mol. The molecule has 1 fully saturated rings. The molecule has 146 valence electrons. The molecular weight excluding hydrogens is 368 g/mol. The zero-order valence-electron chi connectivity index (χ0n) is 16.3. The van der Waals surface area contributed by atoms with Crippen LogP contribution in [0.25, 0.3) is 10.2 Å². The summed E-state index contributed by atoms with van der Waals surface area (Å²) in [6.45, 7) is 6.30. The van der Waals surface area contributed by atoms with Crippen LogP contribution in [-0.2, 0) is 11.3 Å². The van der Waals surface area contributed by atoms with Crippen LogP contribution < -0.4 is 0 Å². The summed E-state index contributed by atoms with van der Waals surface area (Å²) in [5.41, 5.74) is 2.39. The van der Waals surface area contributed by atoms with Gasteiger partial charge in [0.15, 0.2) is 0 Å². The summed E-state index contributed by atoms with van der Waals surface area (Å²) in [6, 6.07) is 12.9. The maximum Gasteiger partial charge on any atom is 0.236 e. The van der Waals surface area contributed by atoms with Gasteiger partial charge in [0.05, 0.1) is 21.8 Å². The fourth-order valence-corrected chi connectivity index (χ4v) is 5.68. The van der Waals surface area contributed by atoms with Gasteiger partial charge < -0.3 is 9.47 Å². The molecule has 1 saturated heterocycles. The van der Waals surface area contributed by atoms with Gasteiger partial charge in [-0.15, -0.1) is 11.3 Å². The van der Waals surface area contributed by atoms with Crippen molar-refractivity contribution in [1.82, 2.24) is 19.4 Å². The number of aromatic nitrogens is 2. The second-order valence-electron chi connectivity index (χ2n) is 7.97. The predicted molar refractivity (Wildman–Crippen MR) is 113 cm³/mol. The highest BCUT2D eigenvalue weighted by atomic mass is 32.1. The molecule has 2 atom stereocenters. The minimum Gasteiger partial charge on any atom is -0.349 e. The molecule has 0 aliphatic carbocycles. The second kappa shape index (κ2) is 7.33. The molecule has 0 unspecified atom stereocenters. The zero-order chi connectivity index (χ0) is 19.1. The summed E-state index contributed by atoms with van der Waals surface area (Å²) < 4.78 is 3.54. The SMILES string of the molecule is C[C@@H]1c2cccn2CCN1CC(=O)N1CCC[C@H](c2nc3ccccc3s2)C1. The maximum atomic E-state index is 13.1. The molecule has 5 rings (SSSR count). The Kier molecular flexibility index (Phi) is 4.69. The third-order valence-corrected chi connectivity index (χ3v) is 7.44. The van der Waals surface area contributed by atoms with E-state index in [0.29, 0.717) is 12.5 Å². The van der Waals surface area contributed by atoms with Gasteiger partial charge >= 0.3 is 0 Å². The van der Waals surface area contributed by atoms with E-state index in [2.05, 4.69) is 57.8 Å². The van der Waals surface area contributed by atoms with Crippen LogP contribution in [0.5, 0.6) is 0 Å². The fraction of sp³-hybridized carbons (Fsp3) is 0.455. The number of likely N-dealkylation sites (tertiary alicyclic amines) is 1. The lowest BCUT2D eigenvalue weighted by Crippen LogP contribution is -2.47. The lowest BCUT2D eigenvalue weighted by Gasteiger charge is -2.37. The summed E-state index contributed by atoms with van der Waals surface area (Å²) in [4.78, 5) is 22.3. The molecule has 2 aromatic heterocycles. The van der Waals surface area contributed by atoms with E-state index in [4.69, 9.17) is 4.98 Å². The highest BCUT2D eigenvalue weighted by Gasteiger charge is 2.30. The van der Waals surface area contributed by atoms with E-state index >= 15 is 0 Å². The van der Waals surface area contributed by atoms with E-state index in [1.807, 2.05) is 6.07 Å². The fourth-order valence-electron chi connectivity index (χ4n) is 4.59. The zero-order valence-corrected chi connectivity index (χ0v) is 17.1. The molecular formula is C22H26N4OS. The number of benzene rings is 1. The average molecular weight is 395 g/mol. The Balaban J connectivity index is 1.26. The van der Waals surface area contributed by atoms with Crippen molar-refractivity contribution in [1.29, 1.82) is 0 Å². The molecule has 0 bridgehead atoms. The van der Waals surface area contributed by atoms with Gasteiger partial charge in [-0.25, -0.2) is 4.98 Å². The first-order valence-corrected chi connectivity index (χ1v) is 11.0. The van der Waals surface area contributed by atoms with Crippen LogP contribution >= 0.6 is 11.3 Å². The van der Waals surface area contributed by atoms with E-state index < -0.39 is 0 Å². The maximum absolute atomic E-state index is 13.1. The Morgan fingerprint density at radius 3 is 2.96 bits per heavy atom. The number of carbonyl (C=O) groups excluding carboxylic acids is 1. The number of amides is 1. The van der Waals surface area contributed by atoms with E-state index in [1.54, 1.807) is 11.3 Å². The van der Waals surface area contributed by atoms with Crippen molar-refractivity contribution in [2.24, 2.45) is 0 Å². The van der Waals surface area contributed by atoms with Crippen molar-refractivity contribution in [3.8, 4) is 0 Å². The largest absolute Gasteiger partial charge is 0.349 e. The van der Waals surface area contributed by atoms with Crippen molar-refractivity contribution >= 4 is 27.5 Å². The molecule has 2 aliphatic heterocycles. The van der Waals surface area contributed by atoms with Crippen LogP contribution in [0.1, 0.15) is 42.4 Å². The van der Waals surface area contributed by atoms with Crippen molar-refractivity contribution in [3.63, 3.8) is 0 Å². The first-order chi connectivity index (χ1) is 13.7. The van der Waals surface area contributed by atoms with Crippen molar-refractivity contribution in [3.05, 3.63) is 53.3 Å². The van der Waals surface area contributed by atoms with Gasteiger partial charge in [-0.2, -0.15) is 0 Å². The van der Waals surface area contributed by atoms with E-state index in [9.17, 15) is 4.79 Å². The minimum atomic E-state index is 0.262. The Hall–Kier alpha value is -2.18. The van der Waals surface area contributed by atoms with Gasteiger partial charge in [0.1, 0.15) is 0 Å². The van der Waals surface area contributed by atoms with Crippen molar-refractivity contribution in [2.45, 2.75) is 38.3 Å². The molecule has 0 radical (unpaired) electrons. The van der Waals surface area contributed by atoms with Crippen LogP contribution in [0, 0.1) is 0 Å². The molecule has 0 N–H and O–H groups in total. The Bertz CT molecular complexity index is 960. The third-order valence-electron chi connectivity index (χ3n) is 6.24. The number of nitrogens with zero attached hydrogens (tertiary/aromatic N) is 4. The lowest BCUT2D eigenvalue weighted by molar-refractivity contribution is -0.134. The topological polar surface area (TPSA) is 41.4 Å². The number of thiazole rings is 1.